The molecule has 0 aromatic rings. The SMILES string of the molecule is CC(C)C(=O)C1[C@@H]2C[C@@H]2CN1C(=O)OC(C)(C)C. The van der Waals surface area contributed by atoms with Gasteiger partial charge in [-0.2, -0.15) is 0 Å². The summed E-state index contributed by atoms with van der Waals surface area (Å²) in [6.45, 7) is 10.0. The molecule has 102 valence electrons. The maximum Gasteiger partial charge on any atom is 0.410 e. The number of ketones is 1. The van der Waals surface area contributed by atoms with Crippen molar-refractivity contribution in [2.24, 2.45) is 17.8 Å². The van der Waals surface area contributed by atoms with Gasteiger partial charge in [0.05, 0.1) is 6.04 Å². The molecule has 1 aliphatic carbocycles. The van der Waals surface area contributed by atoms with Gasteiger partial charge in [0.2, 0.25) is 0 Å². The fraction of sp³-hybridized carbons (Fsp3) is 0.857. The van der Waals surface area contributed by atoms with Crippen LogP contribution in [-0.2, 0) is 9.53 Å². The molecule has 1 aliphatic heterocycles. The lowest BCUT2D eigenvalue weighted by Gasteiger charge is -2.30. The predicted molar refractivity (Wildman–Crippen MR) is 68.2 cm³/mol. The van der Waals surface area contributed by atoms with Crippen LogP contribution in [0.3, 0.4) is 0 Å². The Bertz CT molecular complexity index is 370. The number of rotatable bonds is 2. The molecule has 4 nitrogen and oxygen atoms in total. The molecule has 2 rings (SSSR count). The third-order valence-corrected chi connectivity index (χ3v) is 3.64. The lowest BCUT2D eigenvalue weighted by Crippen LogP contribution is -2.46. The Kier molecular flexibility index (Phi) is 3.16. The Morgan fingerprint density at radius 3 is 2.39 bits per heavy atom. The molecule has 0 spiro atoms. The molecule has 0 aromatic heterocycles. The van der Waals surface area contributed by atoms with Crippen molar-refractivity contribution in [3.8, 4) is 0 Å². The van der Waals surface area contributed by atoms with Gasteiger partial charge in [0, 0.05) is 12.5 Å². The molecule has 0 N–H and O–H groups in total. The maximum absolute atomic E-state index is 12.2. The minimum Gasteiger partial charge on any atom is -0.444 e. The zero-order valence-electron chi connectivity index (χ0n) is 11.9. The summed E-state index contributed by atoms with van der Waals surface area (Å²) >= 11 is 0. The van der Waals surface area contributed by atoms with Crippen molar-refractivity contribution in [1.29, 1.82) is 0 Å². The van der Waals surface area contributed by atoms with Crippen LogP contribution in [0.25, 0.3) is 0 Å². The summed E-state index contributed by atoms with van der Waals surface area (Å²) in [6.07, 6.45) is 0.747. The van der Waals surface area contributed by atoms with Crippen molar-refractivity contribution >= 4 is 11.9 Å². The molecule has 18 heavy (non-hydrogen) atoms. The second kappa shape index (κ2) is 4.25. The molecule has 1 unspecified atom stereocenters. The van der Waals surface area contributed by atoms with Crippen LogP contribution in [0.4, 0.5) is 4.79 Å². The van der Waals surface area contributed by atoms with Crippen molar-refractivity contribution in [1.82, 2.24) is 4.90 Å². The Morgan fingerprint density at radius 1 is 1.28 bits per heavy atom. The van der Waals surface area contributed by atoms with E-state index in [2.05, 4.69) is 0 Å². The minimum atomic E-state index is -0.505. The highest BCUT2D eigenvalue weighted by Gasteiger charge is 2.57. The van der Waals surface area contributed by atoms with Crippen molar-refractivity contribution in [2.75, 3.05) is 6.54 Å². The Labute approximate surface area is 109 Å². The fourth-order valence-electron chi connectivity index (χ4n) is 2.68. The van der Waals surface area contributed by atoms with Crippen LogP contribution in [-0.4, -0.2) is 35.0 Å². The van der Waals surface area contributed by atoms with Crippen molar-refractivity contribution in [3.63, 3.8) is 0 Å². The van der Waals surface area contributed by atoms with E-state index in [9.17, 15) is 9.59 Å². The number of fused-ring (bicyclic) bond motifs is 1. The number of hydrogen-bond acceptors (Lipinski definition) is 3. The van der Waals surface area contributed by atoms with E-state index in [4.69, 9.17) is 4.74 Å². The zero-order chi connectivity index (χ0) is 13.7. The van der Waals surface area contributed by atoms with Gasteiger partial charge in [-0.05, 0) is 39.0 Å². The van der Waals surface area contributed by atoms with E-state index in [1.165, 1.54) is 0 Å². The second-order valence-electron chi connectivity index (χ2n) is 6.79. The summed E-state index contributed by atoms with van der Waals surface area (Å²) in [5, 5.41) is 0. The van der Waals surface area contributed by atoms with E-state index < -0.39 is 5.60 Å². The van der Waals surface area contributed by atoms with Gasteiger partial charge < -0.3 is 4.74 Å². The molecule has 4 heteroatoms. The fourth-order valence-corrected chi connectivity index (χ4v) is 2.68. The monoisotopic (exact) mass is 253 g/mol. The third kappa shape index (κ3) is 2.52. The number of carbonyl (C=O) groups excluding carboxylic acids is 2. The molecular weight excluding hydrogens is 230 g/mol. The summed E-state index contributed by atoms with van der Waals surface area (Å²) in [5.74, 6) is 1.04. The molecule has 1 saturated carbocycles. The van der Waals surface area contributed by atoms with Crippen LogP contribution in [0.2, 0.25) is 0 Å². The summed E-state index contributed by atoms with van der Waals surface area (Å²) in [7, 11) is 0. The van der Waals surface area contributed by atoms with E-state index in [-0.39, 0.29) is 23.8 Å². The van der Waals surface area contributed by atoms with E-state index in [0.29, 0.717) is 18.4 Å². The van der Waals surface area contributed by atoms with Gasteiger partial charge in [-0.25, -0.2) is 4.79 Å². The molecule has 1 saturated heterocycles. The third-order valence-electron chi connectivity index (χ3n) is 3.64. The summed E-state index contributed by atoms with van der Waals surface area (Å²) in [5.41, 5.74) is -0.505. The summed E-state index contributed by atoms with van der Waals surface area (Å²) in [6, 6.07) is -0.246. The van der Waals surface area contributed by atoms with Gasteiger partial charge in [-0.1, -0.05) is 13.8 Å². The van der Waals surface area contributed by atoms with Gasteiger partial charge in [0.15, 0.2) is 5.78 Å². The van der Waals surface area contributed by atoms with Crippen LogP contribution >= 0.6 is 0 Å². The van der Waals surface area contributed by atoms with E-state index in [0.717, 1.165) is 6.42 Å². The minimum absolute atomic E-state index is 0.0284. The van der Waals surface area contributed by atoms with Crippen LogP contribution < -0.4 is 0 Å². The Balaban J connectivity index is 2.08. The second-order valence-corrected chi connectivity index (χ2v) is 6.79. The highest BCUT2D eigenvalue weighted by molar-refractivity contribution is 5.90. The Morgan fingerprint density at radius 2 is 1.89 bits per heavy atom. The molecule has 2 fully saturated rings. The highest BCUT2D eigenvalue weighted by atomic mass is 16.6. The molecule has 1 amide bonds. The smallest absolute Gasteiger partial charge is 0.410 e. The zero-order valence-corrected chi connectivity index (χ0v) is 11.9. The number of carbonyl (C=O) groups is 2. The lowest BCUT2D eigenvalue weighted by molar-refractivity contribution is -0.127. The molecule has 0 radical (unpaired) electrons. The van der Waals surface area contributed by atoms with Gasteiger partial charge in [0.25, 0.3) is 0 Å². The van der Waals surface area contributed by atoms with Crippen LogP contribution in [0.5, 0.6) is 0 Å². The average molecular weight is 253 g/mol. The number of ether oxygens (including phenoxy) is 1. The van der Waals surface area contributed by atoms with Crippen LogP contribution in [0.1, 0.15) is 41.0 Å². The van der Waals surface area contributed by atoms with Crippen LogP contribution in [0, 0.1) is 17.8 Å². The number of piperidine rings is 1. The number of amides is 1. The molecular formula is C14H23NO3. The van der Waals surface area contributed by atoms with Crippen LogP contribution in [0.15, 0.2) is 0 Å². The van der Waals surface area contributed by atoms with E-state index in [1.54, 1.807) is 4.90 Å². The van der Waals surface area contributed by atoms with Crippen molar-refractivity contribution < 1.29 is 14.3 Å². The molecule has 1 heterocycles. The number of likely N-dealkylation sites (tertiary alicyclic amines) is 1. The summed E-state index contributed by atoms with van der Waals surface area (Å²) in [4.78, 5) is 26.0. The first-order valence-electron chi connectivity index (χ1n) is 6.74. The van der Waals surface area contributed by atoms with Gasteiger partial charge in [-0.3, -0.25) is 9.69 Å². The van der Waals surface area contributed by atoms with E-state index >= 15 is 0 Å². The first-order chi connectivity index (χ1) is 8.20. The van der Waals surface area contributed by atoms with Gasteiger partial charge >= 0.3 is 6.09 Å². The van der Waals surface area contributed by atoms with Gasteiger partial charge in [-0.15, -0.1) is 0 Å². The normalized spacial score (nSPS) is 30.3. The van der Waals surface area contributed by atoms with Crippen molar-refractivity contribution in [3.05, 3.63) is 0 Å². The lowest BCUT2D eigenvalue weighted by atomic mass is 9.98. The molecule has 0 aromatic carbocycles. The standard InChI is InChI=1S/C14H23NO3/c1-8(2)12(16)11-10-6-9(10)7-15(11)13(17)18-14(3,4)5/h8-11H,6-7H2,1-5H3/t9-,10-,11?/m1/s1. The first-order valence-corrected chi connectivity index (χ1v) is 6.74. The first kappa shape index (κ1) is 13.4. The predicted octanol–water partition coefficient (Wildman–Crippen LogP) is 2.47. The topological polar surface area (TPSA) is 46.6 Å². The molecule has 0 bridgehead atoms. The van der Waals surface area contributed by atoms with Crippen molar-refractivity contribution in [2.45, 2.75) is 52.7 Å². The molecule has 2 aliphatic rings. The number of Topliss-reactive ketones (excluding diaryl/α,β-unsaturated/α-hetero) is 1. The summed E-state index contributed by atoms with van der Waals surface area (Å²) < 4.78 is 5.39. The van der Waals surface area contributed by atoms with Gasteiger partial charge in [0.1, 0.15) is 5.60 Å². The van der Waals surface area contributed by atoms with E-state index in [1.807, 2.05) is 34.6 Å². The Hall–Kier alpha value is -1.06. The molecule has 3 atom stereocenters. The average Bonchev–Trinajstić information content (AvgIpc) is 2.86. The quantitative estimate of drug-likeness (QED) is 0.759. The number of hydrogen-bond donors (Lipinski definition) is 0. The number of nitrogens with zero attached hydrogens (tertiary/aromatic N) is 1. The highest BCUT2D eigenvalue weighted by Crippen LogP contribution is 2.50. The maximum atomic E-state index is 12.2. The largest absolute Gasteiger partial charge is 0.444 e.